The number of hydrogen-bond donors (Lipinski definition) is 2. The maximum Gasteiger partial charge on any atom is 0.135 e. The van der Waals surface area contributed by atoms with Gasteiger partial charge >= 0.3 is 0 Å². The van der Waals surface area contributed by atoms with Gasteiger partial charge in [-0.1, -0.05) is 23.8 Å². The van der Waals surface area contributed by atoms with Crippen molar-refractivity contribution in [1.29, 1.82) is 0 Å². The van der Waals surface area contributed by atoms with E-state index < -0.39 is 5.82 Å². The molecule has 3 N–H and O–H groups in total. The molecule has 0 bridgehead atoms. The summed E-state index contributed by atoms with van der Waals surface area (Å²) in [5, 5.41) is 3.11. The number of hydrogen-bond acceptors (Lipinski definition) is 3. The second-order valence-electron chi connectivity index (χ2n) is 3.62. The average molecular weight is 301 g/mol. The predicted molar refractivity (Wildman–Crippen MR) is 78.9 cm³/mol. The largest absolute Gasteiger partial charge is 0.389 e. The number of nitrogens with one attached hydrogen (secondary N) is 1. The van der Waals surface area contributed by atoms with Gasteiger partial charge in [-0.2, -0.15) is 0 Å². The average Bonchev–Trinajstić information content (AvgIpc) is 2.72. The predicted octanol–water partition coefficient (Wildman–Crippen LogP) is 3.79. The van der Waals surface area contributed by atoms with Crippen LogP contribution >= 0.6 is 35.2 Å². The van der Waals surface area contributed by atoms with Crippen LogP contribution in [0.4, 0.5) is 10.1 Å². The fourth-order valence-corrected chi connectivity index (χ4v) is 2.65. The summed E-state index contributed by atoms with van der Waals surface area (Å²) in [6, 6.07) is 8.46. The van der Waals surface area contributed by atoms with Crippen LogP contribution in [0.5, 0.6) is 0 Å². The Morgan fingerprint density at radius 2 is 2.17 bits per heavy atom. The maximum atomic E-state index is 13.6. The van der Waals surface area contributed by atoms with E-state index in [9.17, 15) is 4.39 Å². The summed E-state index contributed by atoms with van der Waals surface area (Å²) >= 11 is 12.1. The quantitative estimate of drug-likeness (QED) is 0.844. The lowest BCUT2D eigenvalue weighted by Gasteiger charge is -2.07. The first kappa shape index (κ1) is 13.3. The van der Waals surface area contributed by atoms with Crippen molar-refractivity contribution in [3.8, 4) is 0 Å². The molecule has 0 amide bonds. The molecule has 0 spiro atoms. The molecule has 0 atom stereocenters. The smallest absolute Gasteiger partial charge is 0.135 e. The SMILES string of the molecule is NC(=S)c1ccc(NCc2ccc(Cl)s2)cc1F. The summed E-state index contributed by atoms with van der Waals surface area (Å²) in [4.78, 5) is 1.14. The van der Waals surface area contributed by atoms with E-state index >= 15 is 0 Å². The Hall–Kier alpha value is -1.17. The number of thiophene rings is 1. The zero-order valence-corrected chi connectivity index (χ0v) is 11.6. The van der Waals surface area contributed by atoms with Crippen molar-refractivity contribution in [3.05, 3.63) is 50.9 Å². The Morgan fingerprint density at radius 3 is 2.72 bits per heavy atom. The monoisotopic (exact) mass is 300 g/mol. The number of nitrogens with two attached hydrogens (primary N) is 1. The van der Waals surface area contributed by atoms with Gasteiger partial charge in [0.05, 0.1) is 4.34 Å². The summed E-state index contributed by atoms with van der Waals surface area (Å²) < 4.78 is 14.3. The lowest BCUT2D eigenvalue weighted by atomic mass is 10.2. The normalized spacial score (nSPS) is 10.3. The Kier molecular flexibility index (Phi) is 4.16. The van der Waals surface area contributed by atoms with Gasteiger partial charge in [0.2, 0.25) is 0 Å². The van der Waals surface area contributed by atoms with Crippen LogP contribution in [-0.4, -0.2) is 4.99 Å². The summed E-state index contributed by atoms with van der Waals surface area (Å²) in [5.74, 6) is -0.420. The van der Waals surface area contributed by atoms with Crippen molar-refractivity contribution in [1.82, 2.24) is 0 Å². The maximum absolute atomic E-state index is 13.6. The highest BCUT2D eigenvalue weighted by atomic mass is 35.5. The highest BCUT2D eigenvalue weighted by Gasteiger charge is 2.06. The molecule has 0 saturated carbocycles. The third kappa shape index (κ3) is 3.19. The van der Waals surface area contributed by atoms with Crippen molar-refractivity contribution in [2.24, 2.45) is 5.73 Å². The molecule has 1 heterocycles. The van der Waals surface area contributed by atoms with Crippen LogP contribution in [0.3, 0.4) is 0 Å². The topological polar surface area (TPSA) is 38.0 Å². The standard InChI is InChI=1S/C12H10ClFN2S2/c13-11-4-2-8(18-11)6-16-7-1-3-9(12(15)17)10(14)5-7/h1-5,16H,6H2,(H2,15,17). The molecule has 0 aliphatic heterocycles. The van der Waals surface area contributed by atoms with Crippen molar-refractivity contribution in [2.75, 3.05) is 5.32 Å². The molecule has 0 saturated heterocycles. The van der Waals surface area contributed by atoms with E-state index in [0.717, 1.165) is 9.21 Å². The van der Waals surface area contributed by atoms with Crippen LogP contribution in [0.2, 0.25) is 4.34 Å². The minimum atomic E-state index is -0.420. The van der Waals surface area contributed by atoms with Crippen molar-refractivity contribution in [3.63, 3.8) is 0 Å². The van der Waals surface area contributed by atoms with Crippen LogP contribution < -0.4 is 11.1 Å². The van der Waals surface area contributed by atoms with E-state index in [1.165, 1.54) is 17.4 Å². The Balaban J connectivity index is 2.06. The Bertz CT molecular complexity index is 583. The molecule has 0 radical (unpaired) electrons. The molecule has 1 aromatic heterocycles. The van der Waals surface area contributed by atoms with Gasteiger partial charge in [-0.3, -0.25) is 0 Å². The molecular weight excluding hydrogens is 291 g/mol. The van der Waals surface area contributed by atoms with Crippen molar-refractivity contribution < 1.29 is 4.39 Å². The van der Waals surface area contributed by atoms with E-state index in [4.69, 9.17) is 29.6 Å². The summed E-state index contributed by atoms with van der Waals surface area (Å²) in [6.07, 6.45) is 0. The molecule has 1 aromatic carbocycles. The Morgan fingerprint density at radius 1 is 1.39 bits per heavy atom. The van der Waals surface area contributed by atoms with Gasteiger partial charge in [-0.05, 0) is 30.3 Å². The lowest BCUT2D eigenvalue weighted by molar-refractivity contribution is 0.626. The Labute approximate surface area is 119 Å². The van der Waals surface area contributed by atoms with Gasteiger partial charge in [0.1, 0.15) is 10.8 Å². The third-order valence-corrected chi connectivity index (χ3v) is 3.78. The van der Waals surface area contributed by atoms with Crippen LogP contribution in [0.15, 0.2) is 30.3 Å². The zero-order chi connectivity index (χ0) is 13.1. The van der Waals surface area contributed by atoms with E-state index in [1.54, 1.807) is 12.1 Å². The van der Waals surface area contributed by atoms with E-state index in [0.29, 0.717) is 12.2 Å². The minimum absolute atomic E-state index is 0.0593. The molecule has 0 fully saturated rings. The number of benzene rings is 1. The molecule has 0 aliphatic rings. The highest BCUT2D eigenvalue weighted by Crippen LogP contribution is 2.22. The third-order valence-electron chi connectivity index (χ3n) is 2.33. The van der Waals surface area contributed by atoms with Crippen LogP contribution in [-0.2, 0) is 6.54 Å². The molecule has 18 heavy (non-hydrogen) atoms. The van der Waals surface area contributed by atoms with Crippen molar-refractivity contribution in [2.45, 2.75) is 6.54 Å². The summed E-state index contributed by atoms with van der Waals surface area (Å²) in [6.45, 7) is 0.600. The number of thiocarbonyl (C=S) groups is 1. The molecule has 0 unspecified atom stereocenters. The second kappa shape index (κ2) is 5.65. The molecule has 94 valence electrons. The number of halogens is 2. The molecule has 0 aliphatic carbocycles. The molecule has 2 aromatic rings. The molecule has 2 nitrogen and oxygen atoms in total. The van der Waals surface area contributed by atoms with Crippen LogP contribution in [0.25, 0.3) is 0 Å². The van der Waals surface area contributed by atoms with Gasteiger partial charge < -0.3 is 11.1 Å². The summed E-state index contributed by atoms with van der Waals surface area (Å²) in [7, 11) is 0. The lowest BCUT2D eigenvalue weighted by Crippen LogP contribution is -2.11. The zero-order valence-electron chi connectivity index (χ0n) is 9.24. The minimum Gasteiger partial charge on any atom is -0.389 e. The van der Waals surface area contributed by atoms with Gasteiger partial charge in [-0.15, -0.1) is 11.3 Å². The first-order valence-electron chi connectivity index (χ1n) is 5.13. The highest BCUT2D eigenvalue weighted by molar-refractivity contribution is 7.80. The van der Waals surface area contributed by atoms with Crippen LogP contribution in [0.1, 0.15) is 10.4 Å². The van der Waals surface area contributed by atoms with Gasteiger partial charge in [0.25, 0.3) is 0 Å². The first-order valence-corrected chi connectivity index (χ1v) is 6.74. The first-order chi connectivity index (χ1) is 8.56. The number of anilines is 1. The van der Waals surface area contributed by atoms with Crippen LogP contribution in [0, 0.1) is 5.82 Å². The van der Waals surface area contributed by atoms with Gasteiger partial charge in [0, 0.05) is 22.7 Å². The van der Waals surface area contributed by atoms with E-state index in [2.05, 4.69) is 5.32 Å². The fourth-order valence-electron chi connectivity index (χ4n) is 1.46. The van der Waals surface area contributed by atoms with E-state index in [-0.39, 0.29) is 10.6 Å². The van der Waals surface area contributed by atoms with Gasteiger partial charge in [-0.25, -0.2) is 4.39 Å². The number of rotatable bonds is 4. The molecule has 6 heteroatoms. The van der Waals surface area contributed by atoms with Crippen molar-refractivity contribution >= 4 is 45.8 Å². The second-order valence-corrected chi connectivity index (χ2v) is 5.86. The summed E-state index contributed by atoms with van der Waals surface area (Å²) in [5.41, 5.74) is 6.33. The van der Waals surface area contributed by atoms with Gasteiger partial charge in [0.15, 0.2) is 0 Å². The van der Waals surface area contributed by atoms with E-state index in [1.807, 2.05) is 12.1 Å². The molecule has 2 rings (SSSR count). The molecular formula is C12H10ClFN2S2. The fraction of sp³-hybridized carbons (Fsp3) is 0.0833.